The SMILES string of the molecule is CC1(NCCCCCCO)CC1. The molecule has 0 heterocycles. The minimum Gasteiger partial charge on any atom is -0.396 e. The number of aliphatic hydroxyl groups is 1. The van der Waals surface area contributed by atoms with Crippen LogP contribution in [0.15, 0.2) is 0 Å². The Bertz CT molecular complexity index is 121. The van der Waals surface area contributed by atoms with Gasteiger partial charge in [0.1, 0.15) is 0 Å². The van der Waals surface area contributed by atoms with E-state index in [-0.39, 0.29) is 0 Å². The van der Waals surface area contributed by atoms with Gasteiger partial charge >= 0.3 is 0 Å². The zero-order chi connectivity index (χ0) is 8.86. The molecule has 1 fully saturated rings. The second-order valence-corrected chi connectivity index (χ2v) is 4.13. The summed E-state index contributed by atoms with van der Waals surface area (Å²) in [6, 6.07) is 0. The maximum absolute atomic E-state index is 8.55. The smallest absolute Gasteiger partial charge is 0.0431 e. The van der Waals surface area contributed by atoms with Gasteiger partial charge in [0.15, 0.2) is 0 Å². The van der Waals surface area contributed by atoms with Crippen molar-refractivity contribution in [3.63, 3.8) is 0 Å². The quantitative estimate of drug-likeness (QED) is 0.571. The first-order valence-corrected chi connectivity index (χ1v) is 5.13. The van der Waals surface area contributed by atoms with Crippen molar-refractivity contribution in [2.75, 3.05) is 13.2 Å². The summed E-state index contributed by atoms with van der Waals surface area (Å²) in [7, 11) is 0. The van der Waals surface area contributed by atoms with Crippen LogP contribution < -0.4 is 5.32 Å². The number of hydrogen-bond acceptors (Lipinski definition) is 2. The van der Waals surface area contributed by atoms with Crippen molar-refractivity contribution in [2.45, 2.75) is 51.0 Å². The van der Waals surface area contributed by atoms with E-state index < -0.39 is 0 Å². The normalized spacial score (nSPS) is 19.5. The molecule has 0 amide bonds. The summed E-state index contributed by atoms with van der Waals surface area (Å²) in [6.45, 7) is 3.80. The fraction of sp³-hybridized carbons (Fsp3) is 1.00. The number of rotatable bonds is 7. The predicted octanol–water partition coefficient (Wildman–Crippen LogP) is 1.68. The van der Waals surface area contributed by atoms with Crippen LogP contribution in [-0.4, -0.2) is 23.8 Å². The Morgan fingerprint density at radius 1 is 1.17 bits per heavy atom. The molecule has 2 heteroatoms. The van der Waals surface area contributed by atoms with E-state index in [1.54, 1.807) is 0 Å². The molecule has 0 aromatic carbocycles. The molecule has 0 aromatic heterocycles. The Kier molecular flexibility index (Phi) is 4.02. The lowest BCUT2D eigenvalue weighted by molar-refractivity contribution is 0.282. The van der Waals surface area contributed by atoms with Gasteiger partial charge in [0.25, 0.3) is 0 Å². The van der Waals surface area contributed by atoms with Crippen LogP contribution in [0, 0.1) is 0 Å². The van der Waals surface area contributed by atoms with Gasteiger partial charge in [-0.3, -0.25) is 0 Å². The van der Waals surface area contributed by atoms with Gasteiger partial charge in [-0.2, -0.15) is 0 Å². The van der Waals surface area contributed by atoms with Gasteiger partial charge in [0.2, 0.25) is 0 Å². The molecule has 0 radical (unpaired) electrons. The second-order valence-electron chi connectivity index (χ2n) is 4.13. The van der Waals surface area contributed by atoms with E-state index in [1.165, 1.54) is 32.1 Å². The molecule has 1 saturated carbocycles. The minimum absolute atomic E-state index is 0.352. The van der Waals surface area contributed by atoms with Gasteiger partial charge in [0.05, 0.1) is 0 Å². The maximum atomic E-state index is 8.55. The Hall–Kier alpha value is -0.0800. The molecule has 0 saturated heterocycles. The van der Waals surface area contributed by atoms with E-state index in [9.17, 15) is 0 Å². The van der Waals surface area contributed by atoms with Crippen molar-refractivity contribution in [3.05, 3.63) is 0 Å². The van der Waals surface area contributed by atoms with Crippen molar-refractivity contribution in [1.82, 2.24) is 5.32 Å². The van der Waals surface area contributed by atoms with Crippen molar-refractivity contribution in [1.29, 1.82) is 0 Å². The Labute approximate surface area is 75.4 Å². The first kappa shape index (κ1) is 10.0. The summed E-state index contributed by atoms with van der Waals surface area (Å²) >= 11 is 0. The lowest BCUT2D eigenvalue weighted by Gasteiger charge is -2.10. The Balaban J connectivity index is 1.77. The fourth-order valence-corrected chi connectivity index (χ4v) is 1.34. The largest absolute Gasteiger partial charge is 0.396 e. The summed E-state index contributed by atoms with van der Waals surface area (Å²) in [5.74, 6) is 0. The lowest BCUT2D eigenvalue weighted by atomic mass is 10.2. The predicted molar refractivity (Wildman–Crippen MR) is 51.2 cm³/mol. The maximum Gasteiger partial charge on any atom is 0.0431 e. The van der Waals surface area contributed by atoms with Gasteiger partial charge < -0.3 is 10.4 Å². The van der Waals surface area contributed by atoms with Crippen LogP contribution >= 0.6 is 0 Å². The summed E-state index contributed by atoms with van der Waals surface area (Å²) in [6.07, 6.45) is 7.36. The fourth-order valence-electron chi connectivity index (χ4n) is 1.34. The third kappa shape index (κ3) is 4.07. The molecule has 0 spiro atoms. The number of nitrogens with one attached hydrogen (secondary N) is 1. The summed E-state index contributed by atoms with van der Waals surface area (Å²) in [5.41, 5.74) is 0.497. The van der Waals surface area contributed by atoms with Crippen LogP contribution in [0.1, 0.15) is 45.4 Å². The molecule has 72 valence electrons. The highest BCUT2D eigenvalue weighted by Gasteiger charge is 2.35. The third-order valence-electron chi connectivity index (χ3n) is 2.64. The Morgan fingerprint density at radius 2 is 1.83 bits per heavy atom. The summed E-state index contributed by atoms with van der Waals surface area (Å²) in [4.78, 5) is 0. The van der Waals surface area contributed by atoms with Crippen LogP contribution in [-0.2, 0) is 0 Å². The van der Waals surface area contributed by atoms with Crippen molar-refractivity contribution >= 4 is 0 Å². The topological polar surface area (TPSA) is 32.3 Å². The van der Waals surface area contributed by atoms with E-state index >= 15 is 0 Å². The summed E-state index contributed by atoms with van der Waals surface area (Å²) in [5, 5.41) is 12.1. The van der Waals surface area contributed by atoms with Gasteiger partial charge in [0, 0.05) is 12.1 Å². The molecule has 12 heavy (non-hydrogen) atoms. The van der Waals surface area contributed by atoms with Crippen molar-refractivity contribution in [2.24, 2.45) is 0 Å². The van der Waals surface area contributed by atoms with E-state index in [1.807, 2.05) is 0 Å². The van der Waals surface area contributed by atoms with E-state index in [0.717, 1.165) is 13.0 Å². The van der Waals surface area contributed by atoms with Crippen molar-refractivity contribution < 1.29 is 5.11 Å². The minimum atomic E-state index is 0.352. The number of hydrogen-bond donors (Lipinski definition) is 2. The van der Waals surface area contributed by atoms with E-state index in [4.69, 9.17) is 5.11 Å². The molecule has 0 aliphatic heterocycles. The van der Waals surface area contributed by atoms with Crippen LogP contribution in [0.25, 0.3) is 0 Å². The molecule has 1 aliphatic rings. The number of aliphatic hydroxyl groups excluding tert-OH is 1. The molecule has 2 nitrogen and oxygen atoms in total. The zero-order valence-electron chi connectivity index (χ0n) is 8.10. The Morgan fingerprint density at radius 3 is 2.42 bits per heavy atom. The van der Waals surface area contributed by atoms with Gasteiger partial charge in [-0.05, 0) is 39.2 Å². The molecular weight excluding hydrogens is 150 g/mol. The molecule has 0 unspecified atom stereocenters. The molecule has 0 aromatic rings. The highest BCUT2D eigenvalue weighted by atomic mass is 16.2. The summed E-state index contributed by atoms with van der Waals surface area (Å²) < 4.78 is 0. The van der Waals surface area contributed by atoms with E-state index in [0.29, 0.717) is 12.1 Å². The zero-order valence-corrected chi connectivity index (χ0v) is 8.10. The first-order chi connectivity index (χ1) is 5.77. The van der Waals surface area contributed by atoms with Gasteiger partial charge in [-0.25, -0.2) is 0 Å². The average molecular weight is 171 g/mol. The highest BCUT2D eigenvalue weighted by Crippen LogP contribution is 2.34. The van der Waals surface area contributed by atoms with Crippen LogP contribution in [0.5, 0.6) is 0 Å². The van der Waals surface area contributed by atoms with E-state index in [2.05, 4.69) is 12.2 Å². The highest BCUT2D eigenvalue weighted by molar-refractivity contribution is 4.97. The monoisotopic (exact) mass is 171 g/mol. The molecule has 1 rings (SSSR count). The standard InChI is InChI=1S/C10H21NO/c1-10(6-7-10)11-8-4-2-3-5-9-12/h11-12H,2-9H2,1H3. The molecule has 1 aliphatic carbocycles. The molecular formula is C10H21NO. The van der Waals surface area contributed by atoms with Crippen LogP contribution in [0.4, 0.5) is 0 Å². The number of unbranched alkanes of at least 4 members (excludes halogenated alkanes) is 3. The van der Waals surface area contributed by atoms with Crippen LogP contribution in [0.3, 0.4) is 0 Å². The third-order valence-corrected chi connectivity index (χ3v) is 2.64. The average Bonchev–Trinajstić information content (AvgIpc) is 2.77. The molecule has 0 atom stereocenters. The van der Waals surface area contributed by atoms with Crippen LogP contribution in [0.2, 0.25) is 0 Å². The second kappa shape index (κ2) is 4.83. The molecule has 2 N–H and O–H groups in total. The lowest BCUT2D eigenvalue weighted by Crippen LogP contribution is -2.28. The van der Waals surface area contributed by atoms with Gasteiger partial charge in [-0.15, -0.1) is 0 Å². The molecule has 0 bridgehead atoms. The van der Waals surface area contributed by atoms with Gasteiger partial charge in [-0.1, -0.05) is 12.8 Å². The van der Waals surface area contributed by atoms with Crippen molar-refractivity contribution in [3.8, 4) is 0 Å². The first-order valence-electron chi connectivity index (χ1n) is 5.13.